The molecule has 4 rings (SSSR count). The van der Waals surface area contributed by atoms with Gasteiger partial charge in [0.25, 0.3) is 5.91 Å². The van der Waals surface area contributed by atoms with E-state index in [0.717, 1.165) is 5.57 Å². The van der Waals surface area contributed by atoms with E-state index in [0.29, 0.717) is 17.4 Å². The first-order valence-corrected chi connectivity index (χ1v) is 13.1. The molecule has 4 atom stereocenters. The highest BCUT2D eigenvalue weighted by atomic mass is 16.7. The number of nitrogens with one attached hydrogen (secondary N) is 1. The van der Waals surface area contributed by atoms with Gasteiger partial charge in [0.05, 0.1) is 5.60 Å². The van der Waals surface area contributed by atoms with Crippen LogP contribution in [0.2, 0.25) is 0 Å². The minimum atomic E-state index is -1.46. The summed E-state index contributed by atoms with van der Waals surface area (Å²) in [6.07, 6.45) is -3.48. The van der Waals surface area contributed by atoms with Crippen LogP contribution in [0.25, 0.3) is 11.0 Å². The van der Waals surface area contributed by atoms with Crippen LogP contribution in [0.5, 0.6) is 11.5 Å². The molecule has 0 radical (unpaired) electrons. The van der Waals surface area contributed by atoms with Gasteiger partial charge in [0.2, 0.25) is 6.29 Å². The number of amides is 2. The van der Waals surface area contributed by atoms with Gasteiger partial charge in [-0.15, -0.1) is 0 Å². The number of allylic oxidation sites excluding steroid dienone is 2. The van der Waals surface area contributed by atoms with Gasteiger partial charge >= 0.3 is 11.7 Å². The van der Waals surface area contributed by atoms with Crippen LogP contribution in [0.1, 0.15) is 43.6 Å². The maximum atomic E-state index is 12.9. The zero-order chi connectivity index (χ0) is 30.8. The number of phenolic OH excluding ortho intramolecular Hbond substituents is 1. The maximum absolute atomic E-state index is 12.9. The Hall–Kier alpha value is -4.39. The summed E-state index contributed by atoms with van der Waals surface area (Å²) in [6.45, 7) is 7.23. The topological polar surface area (TPSA) is 180 Å². The van der Waals surface area contributed by atoms with Crippen LogP contribution in [-0.2, 0) is 20.6 Å². The Labute approximate surface area is 241 Å². The van der Waals surface area contributed by atoms with Crippen LogP contribution >= 0.6 is 0 Å². The molecule has 224 valence electrons. The van der Waals surface area contributed by atoms with E-state index >= 15 is 0 Å². The molecule has 42 heavy (non-hydrogen) atoms. The third-order valence-corrected chi connectivity index (χ3v) is 6.80. The number of carbonyl (C=O) groups is 2. The van der Waals surface area contributed by atoms with Crippen LogP contribution in [-0.4, -0.2) is 59.5 Å². The minimum Gasteiger partial charge on any atom is -0.508 e. The number of rotatable bonds is 8. The second-order valence-corrected chi connectivity index (χ2v) is 10.7. The summed E-state index contributed by atoms with van der Waals surface area (Å²) in [7, 11) is 1.39. The molecule has 2 heterocycles. The van der Waals surface area contributed by atoms with Gasteiger partial charge in [-0.05, 0) is 76.1 Å². The molecule has 1 aromatic heterocycles. The van der Waals surface area contributed by atoms with Crippen molar-refractivity contribution < 1.29 is 43.2 Å². The number of ether oxygens (including phenoxy) is 4. The third-order valence-electron chi connectivity index (χ3n) is 6.80. The molecule has 1 fully saturated rings. The number of phenols is 1. The average Bonchev–Trinajstić information content (AvgIpc) is 2.91. The van der Waals surface area contributed by atoms with Gasteiger partial charge in [-0.25, -0.2) is 9.59 Å². The quantitative estimate of drug-likeness (QED) is 0.226. The summed E-state index contributed by atoms with van der Waals surface area (Å²) < 4.78 is 27.7. The number of hydrogen-bond acceptors (Lipinski definition) is 10. The van der Waals surface area contributed by atoms with Crippen molar-refractivity contribution in [3.63, 3.8) is 0 Å². The zero-order valence-corrected chi connectivity index (χ0v) is 23.9. The smallest absolute Gasteiger partial charge is 0.404 e. The number of hydrogen-bond donors (Lipinski definition) is 4. The van der Waals surface area contributed by atoms with Crippen LogP contribution in [0.15, 0.2) is 63.3 Å². The molecule has 12 heteroatoms. The highest BCUT2D eigenvalue weighted by Gasteiger charge is 2.53. The number of methoxy groups -OCH3 is 1. The van der Waals surface area contributed by atoms with E-state index in [9.17, 15) is 24.6 Å². The lowest BCUT2D eigenvalue weighted by Crippen LogP contribution is -2.65. The summed E-state index contributed by atoms with van der Waals surface area (Å²) in [5.74, 6) is -0.298. The molecule has 0 spiro atoms. The lowest BCUT2D eigenvalue weighted by molar-refractivity contribution is -0.304. The molecule has 0 saturated carbocycles. The number of nitrogens with two attached hydrogens (primary N) is 1. The summed E-state index contributed by atoms with van der Waals surface area (Å²) >= 11 is 0. The summed E-state index contributed by atoms with van der Waals surface area (Å²) in [4.78, 5) is 37.1. The molecule has 1 saturated heterocycles. The number of primary amides is 1. The van der Waals surface area contributed by atoms with E-state index in [2.05, 4.69) is 5.32 Å². The number of benzene rings is 2. The van der Waals surface area contributed by atoms with E-state index < -0.39 is 47.8 Å². The molecule has 2 aromatic carbocycles. The predicted octanol–water partition coefficient (Wildman–Crippen LogP) is 3.61. The minimum absolute atomic E-state index is 0.0661. The highest BCUT2D eigenvalue weighted by molar-refractivity contribution is 6.05. The Morgan fingerprint density at radius 1 is 1.14 bits per heavy atom. The second kappa shape index (κ2) is 12.2. The first-order valence-electron chi connectivity index (χ1n) is 13.1. The van der Waals surface area contributed by atoms with Crippen molar-refractivity contribution in [1.29, 1.82) is 0 Å². The molecular formula is C30H34N2O10. The van der Waals surface area contributed by atoms with Crippen molar-refractivity contribution in [3.8, 4) is 11.5 Å². The Morgan fingerprint density at radius 3 is 2.55 bits per heavy atom. The number of aromatic hydroxyl groups is 1. The van der Waals surface area contributed by atoms with E-state index in [-0.39, 0.29) is 28.3 Å². The van der Waals surface area contributed by atoms with E-state index in [1.54, 1.807) is 32.0 Å². The molecule has 0 bridgehead atoms. The number of carbonyl (C=O) groups excluding carboxylic acids is 2. The van der Waals surface area contributed by atoms with Crippen molar-refractivity contribution >= 4 is 28.7 Å². The van der Waals surface area contributed by atoms with Crippen molar-refractivity contribution in [3.05, 3.63) is 75.7 Å². The first-order chi connectivity index (χ1) is 19.8. The molecule has 2 amide bonds. The van der Waals surface area contributed by atoms with Gasteiger partial charge in [-0.3, -0.25) is 4.79 Å². The fourth-order valence-electron chi connectivity index (χ4n) is 4.73. The number of anilines is 1. The molecule has 5 N–H and O–H groups in total. The normalized spacial score (nSPS) is 21.4. The fourth-order valence-corrected chi connectivity index (χ4v) is 4.73. The monoisotopic (exact) mass is 582 g/mol. The number of aliphatic hydroxyl groups is 1. The lowest BCUT2D eigenvalue weighted by Gasteiger charge is -2.47. The predicted molar refractivity (Wildman–Crippen MR) is 153 cm³/mol. The Morgan fingerprint density at radius 2 is 1.88 bits per heavy atom. The van der Waals surface area contributed by atoms with Crippen LogP contribution in [0.4, 0.5) is 10.5 Å². The van der Waals surface area contributed by atoms with Crippen molar-refractivity contribution in [2.24, 2.45) is 5.73 Å². The largest absolute Gasteiger partial charge is 0.508 e. The van der Waals surface area contributed by atoms with Gasteiger partial charge in [0.15, 0.2) is 12.2 Å². The molecule has 1 aliphatic heterocycles. The molecule has 12 nitrogen and oxygen atoms in total. The van der Waals surface area contributed by atoms with Crippen LogP contribution < -0.4 is 21.4 Å². The van der Waals surface area contributed by atoms with Gasteiger partial charge in [0.1, 0.15) is 28.9 Å². The van der Waals surface area contributed by atoms with Gasteiger partial charge < -0.3 is 44.6 Å². The van der Waals surface area contributed by atoms with Crippen molar-refractivity contribution in [1.82, 2.24) is 0 Å². The Balaban J connectivity index is 1.54. The van der Waals surface area contributed by atoms with E-state index in [1.807, 2.05) is 19.9 Å². The second-order valence-electron chi connectivity index (χ2n) is 10.7. The summed E-state index contributed by atoms with van der Waals surface area (Å²) in [6, 6.07) is 10.5. The zero-order valence-electron chi connectivity index (χ0n) is 23.9. The molecule has 1 aliphatic rings. The summed E-state index contributed by atoms with van der Waals surface area (Å²) in [5, 5.41) is 24.0. The first kappa shape index (κ1) is 30.6. The molecular weight excluding hydrogens is 548 g/mol. The van der Waals surface area contributed by atoms with Crippen molar-refractivity contribution in [2.45, 2.75) is 64.3 Å². The Bertz CT molecular complexity index is 1570. The van der Waals surface area contributed by atoms with Gasteiger partial charge in [-0.2, -0.15) is 0 Å². The highest BCUT2D eigenvalue weighted by Crippen LogP contribution is 2.35. The number of aliphatic hydroxyl groups excluding tert-OH is 1. The SMILES string of the molecule is CO[C@@H]1[C@@H](OC(N)=O)C(O)[C@H](Oc2ccc3cc(NC(=O)c4ccc(O)c(CC=C(C)C)c4)c(=O)oc3c2)OC1(C)C. The van der Waals surface area contributed by atoms with Crippen LogP contribution in [0, 0.1) is 0 Å². The lowest BCUT2D eigenvalue weighted by atomic mass is 9.89. The number of fused-ring (bicyclic) bond motifs is 1. The Kier molecular flexibility index (Phi) is 8.90. The fraction of sp³-hybridized carbons (Fsp3) is 0.367. The van der Waals surface area contributed by atoms with Crippen LogP contribution in [0.3, 0.4) is 0 Å². The van der Waals surface area contributed by atoms with E-state index in [1.165, 1.54) is 31.4 Å². The molecule has 3 aromatic rings. The summed E-state index contributed by atoms with van der Waals surface area (Å²) in [5.41, 5.74) is 5.31. The average molecular weight is 583 g/mol. The third kappa shape index (κ3) is 6.73. The molecule has 1 unspecified atom stereocenters. The molecule has 0 aliphatic carbocycles. The van der Waals surface area contributed by atoms with Crippen molar-refractivity contribution in [2.75, 3.05) is 12.4 Å². The maximum Gasteiger partial charge on any atom is 0.404 e. The standard InChI is InChI=1S/C30H34N2O10/c1-15(2)6-7-16-12-18(9-11-21(16)33)26(35)32-20-13-17-8-10-19(14-22(17)40-27(20)36)39-28-23(34)24(41-29(31)37)25(38-5)30(3,4)42-28/h6,8-14,23-25,28,33-34H,7H2,1-5H3,(H2,31,37)(H,32,35)/t23?,24-,25+,28+/m0/s1. The van der Waals surface area contributed by atoms with E-state index in [4.69, 9.17) is 29.1 Å². The van der Waals surface area contributed by atoms with Gasteiger partial charge in [-0.1, -0.05) is 11.6 Å². The van der Waals surface area contributed by atoms with Gasteiger partial charge in [0, 0.05) is 24.1 Å².